The van der Waals surface area contributed by atoms with Gasteiger partial charge in [-0.1, -0.05) is 48.0 Å². The van der Waals surface area contributed by atoms with Gasteiger partial charge in [0, 0.05) is 5.56 Å². The Labute approximate surface area is 195 Å². The van der Waals surface area contributed by atoms with Crippen molar-refractivity contribution in [2.75, 3.05) is 12.0 Å². The van der Waals surface area contributed by atoms with Crippen molar-refractivity contribution in [3.05, 3.63) is 95.1 Å². The highest BCUT2D eigenvalue weighted by Gasteiger charge is 2.38. The van der Waals surface area contributed by atoms with Crippen LogP contribution in [0.5, 0.6) is 11.5 Å². The van der Waals surface area contributed by atoms with Crippen molar-refractivity contribution in [2.24, 2.45) is 0 Å². The van der Waals surface area contributed by atoms with Crippen LogP contribution in [0.25, 0.3) is 6.08 Å². The van der Waals surface area contributed by atoms with E-state index in [0.717, 1.165) is 10.5 Å². The summed E-state index contributed by atoms with van der Waals surface area (Å²) in [5.74, 6) is -1.84. The number of barbiturate groups is 1. The third kappa shape index (κ3) is 4.42. The molecule has 1 saturated heterocycles. The van der Waals surface area contributed by atoms with Crippen LogP contribution in [-0.4, -0.2) is 30.9 Å². The first-order valence-corrected chi connectivity index (χ1v) is 10.3. The van der Waals surface area contributed by atoms with Gasteiger partial charge in [0.2, 0.25) is 0 Å². The number of urea groups is 1. The maximum Gasteiger partial charge on any atom is 0.343 e. The number of imide groups is 2. The second-order valence-electron chi connectivity index (χ2n) is 7.43. The number of para-hydroxylation sites is 3. The summed E-state index contributed by atoms with van der Waals surface area (Å²) in [6, 6.07) is 19.0. The van der Waals surface area contributed by atoms with Crippen molar-refractivity contribution in [1.29, 1.82) is 0 Å². The molecule has 3 aromatic rings. The number of carbonyl (C=O) groups excluding carboxylic acids is 4. The average molecular weight is 456 g/mol. The largest absolute Gasteiger partial charge is 0.495 e. The second-order valence-corrected chi connectivity index (χ2v) is 7.43. The fourth-order valence-electron chi connectivity index (χ4n) is 3.47. The molecular weight excluding hydrogens is 436 g/mol. The zero-order valence-electron chi connectivity index (χ0n) is 18.4. The van der Waals surface area contributed by atoms with Gasteiger partial charge in [0.15, 0.2) is 0 Å². The molecule has 0 unspecified atom stereocenters. The van der Waals surface area contributed by atoms with Crippen LogP contribution in [-0.2, 0) is 9.59 Å². The summed E-state index contributed by atoms with van der Waals surface area (Å²) in [7, 11) is 1.41. The number of anilines is 1. The second kappa shape index (κ2) is 9.41. The first-order valence-electron chi connectivity index (χ1n) is 10.3. The monoisotopic (exact) mass is 456 g/mol. The summed E-state index contributed by atoms with van der Waals surface area (Å²) in [4.78, 5) is 51.7. The van der Waals surface area contributed by atoms with Gasteiger partial charge in [-0.05, 0) is 43.3 Å². The van der Waals surface area contributed by atoms with Gasteiger partial charge in [-0.15, -0.1) is 0 Å². The van der Waals surface area contributed by atoms with Crippen molar-refractivity contribution in [2.45, 2.75) is 6.92 Å². The zero-order chi connectivity index (χ0) is 24.2. The molecule has 3 aromatic carbocycles. The molecule has 1 aliphatic heterocycles. The molecule has 0 aliphatic carbocycles. The van der Waals surface area contributed by atoms with E-state index in [-0.39, 0.29) is 22.8 Å². The normalized spacial score (nSPS) is 14.7. The number of methoxy groups -OCH3 is 1. The number of benzene rings is 3. The van der Waals surface area contributed by atoms with E-state index < -0.39 is 23.8 Å². The predicted octanol–water partition coefficient (Wildman–Crippen LogP) is 3.89. The molecule has 1 heterocycles. The lowest BCUT2D eigenvalue weighted by atomic mass is 10.1. The first kappa shape index (κ1) is 22.5. The van der Waals surface area contributed by atoms with Crippen molar-refractivity contribution in [3.63, 3.8) is 0 Å². The third-order valence-corrected chi connectivity index (χ3v) is 5.10. The van der Waals surface area contributed by atoms with E-state index in [9.17, 15) is 19.2 Å². The molecule has 0 aromatic heterocycles. The van der Waals surface area contributed by atoms with E-state index in [2.05, 4.69) is 5.32 Å². The molecule has 1 aliphatic rings. The maximum atomic E-state index is 13.2. The Bertz CT molecular complexity index is 1340. The van der Waals surface area contributed by atoms with E-state index in [0.29, 0.717) is 11.1 Å². The predicted molar refractivity (Wildman–Crippen MR) is 125 cm³/mol. The molecule has 1 fully saturated rings. The summed E-state index contributed by atoms with van der Waals surface area (Å²) >= 11 is 0. The molecule has 170 valence electrons. The van der Waals surface area contributed by atoms with Crippen LogP contribution in [0.3, 0.4) is 0 Å². The number of nitrogens with one attached hydrogen (secondary N) is 1. The van der Waals surface area contributed by atoms with E-state index >= 15 is 0 Å². The number of rotatable bonds is 5. The number of nitrogens with zero attached hydrogens (tertiary/aromatic N) is 1. The van der Waals surface area contributed by atoms with Crippen LogP contribution < -0.4 is 19.7 Å². The molecule has 4 rings (SSSR count). The molecule has 0 atom stereocenters. The quantitative estimate of drug-likeness (QED) is 0.271. The van der Waals surface area contributed by atoms with E-state index in [1.165, 1.54) is 19.3 Å². The highest BCUT2D eigenvalue weighted by atomic mass is 16.5. The lowest BCUT2D eigenvalue weighted by Gasteiger charge is -2.27. The lowest BCUT2D eigenvalue weighted by molar-refractivity contribution is -0.122. The standard InChI is InChI=1S/C26H20N2O6/c1-16-8-7-10-18(14-16)25(31)34-21-12-5-3-9-17(21)15-19-23(29)27-26(32)28(24(19)30)20-11-4-6-13-22(20)33-2/h3-15H,1-2H3,(H,27,29,32). The Kier molecular flexibility index (Phi) is 6.22. The van der Waals surface area contributed by atoms with Crippen LogP contribution in [0.1, 0.15) is 21.5 Å². The fraction of sp³-hybridized carbons (Fsp3) is 0.0769. The molecule has 4 amide bonds. The Balaban J connectivity index is 1.69. The Morgan fingerprint density at radius 3 is 2.35 bits per heavy atom. The molecule has 0 radical (unpaired) electrons. The van der Waals surface area contributed by atoms with Gasteiger partial charge in [-0.25, -0.2) is 14.5 Å². The third-order valence-electron chi connectivity index (χ3n) is 5.10. The van der Waals surface area contributed by atoms with Gasteiger partial charge in [-0.2, -0.15) is 0 Å². The first-order chi connectivity index (χ1) is 16.4. The molecule has 8 heteroatoms. The average Bonchev–Trinajstić information content (AvgIpc) is 2.83. The zero-order valence-corrected chi connectivity index (χ0v) is 18.4. The van der Waals surface area contributed by atoms with Gasteiger partial charge in [0.25, 0.3) is 11.8 Å². The number of esters is 1. The minimum absolute atomic E-state index is 0.155. The number of carbonyl (C=O) groups is 4. The number of hydrogen-bond acceptors (Lipinski definition) is 6. The highest BCUT2D eigenvalue weighted by Crippen LogP contribution is 2.31. The Morgan fingerprint density at radius 2 is 1.62 bits per heavy atom. The Morgan fingerprint density at radius 1 is 0.912 bits per heavy atom. The number of amides is 4. The van der Waals surface area contributed by atoms with Gasteiger partial charge < -0.3 is 9.47 Å². The minimum Gasteiger partial charge on any atom is -0.495 e. The van der Waals surface area contributed by atoms with Crippen LogP contribution in [0.4, 0.5) is 10.5 Å². The van der Waals surface area contributed by atoms with Crippen LogP contribution in [0.15, 0.2) is 78.4 Å². The summed E-state index contributed by atoms with van der Waals surface area (Å²) in [6.07, 6.45) is 1.28. The van der Waals surface area contributed by atoms with E-state index in [4.69, 9.17) is 9.47 Å². The molecular formula is C26H20N2O6. The summed E-state index contributed by atoms with van der Waals surface area (Å²) < 4.78 is 10.8. The lowest BCUT2D eigenvalue weighted by Crippen LogP contribution is -2.54. The molecule has 8 nitrogen and oxygen atoms in total. The number of aryl methyl sites for hydroxylation is 1. The van der Waals surface area contributed by atoms with Crippen LogP contribution in [0, 0.1) is 6.92 Å². The van der Waals surface area contributed by atoms with Crippen molar-refractivity contribution in [1.82, 2.24) is 5.32 Å². The van der Waals surface area contributed by atoms with Crippen molar-refractivity contribution < 1.29 is 28.7 Å². The fourth-order valence-corrected chi connectivity index (χ4v) is 3.47. The van der Waals surface area contributed by atoms with Crippen LogP contribution >= 0.6 is 0 Å². The minimum atomic E-state index is -0.893. The van der Waals surface area contributed by atoms with Gasteiger partial charge in [-0.3, -0.25) is 14.9 Å². The Hall–Kier alpha value is -4.72. The molecule has 0 saturated carbocycles. The molecule has 1 N–H and O–H groups in total. The maximum absolute atomic E-state index is 13.2. The summed E-state index contributed by atoms with van der Waals surface area (Å²) in [5.41, 5.74) is 1.46. The van der Waals surface area contributed by atoms with Gasteiger partial charge >= 0.3 is 12.0 Å². The molecule has 0 bridgehead atoms. The van der Waals surface area contributed by atoms with Gasteiger partial charge in [0.1, 0.15) is 17.1 Å². The topological polar surface area (TPSA) is 102 Å². The van der Waals surface area contributed by atoms with Crippen LogP contribution in [0.2, 0.25) is 0 Å². The van der Waals surface area contributed by atoms with Gasteiger partial charge in [0.05, 0.1) is 18.4 Å². The summed E-state index contributed by atoms with van der Waals surface area (Å²) in [6.45, 7) is 1.86. The highest BCUT2D eigenvalue weighted by molar-refractivity contribution is 6.39. The SMILES string of the molecule is COc1ccccc1N1C(=O)NC(=O)C(=Cc2ccccc2OC(=O)c2cccc(C)c2)C1=O. The smallest absolute Gasteiger partial charge is 0.343 e. The van der Waals surface area contributed by atoms with Crippen molar-refractivity contribution in [3.8, 4) is 11.5 Å². The number of ether oxygens (including phenoxy) is 2. The molecule has 0 spiro atoms. The number of hydrogen-bond donors (Lipinski definition) is 1. The molecule has 34 heavy (non-hydrogen) atoms. The van der Waals surface area contributed by atoms with E-state index in [1.54, 1.807) is 60.7 Å². The summed E-state index contributed by atoms with van der Waals surface area (Å²) in [5, 5.41) is 2.17. The van der Waals surface area contributed by atoms with Crippen molar-refractivity contribution >= 4 is 35.6 Å². The van der Waals surface area contributed by atoms with E-state index in [1.807, 2.05) is 13.0 Å².